The number of nitrogens with zero attached hydrogens (tertiary/aromatic N) is 2. The van der Waals surface area contributed by atoms with Crippen LogP contribution in [0, 0.1) is 6.92 Å². The van der Waals surface area contributed by atoms with Gasteiger partial charge in [-0.1, -0.05) is 17.7 Å². The number of ether oxygens (including phenoxy) is 2. The van der Waals surface area contributed by atoms with Gasteiger partial charge in [-0.15, -0.1) is 11.3 Å². The molecule has 6 nitrogen and oxygen atoms in total. The topological polar surface area (TPSA) is 68.7 Å². The van der Waals surface area contributed by atoms with E-state index < -0.39 is 10.0 Å². The second-order valence-corrected chi connectivity index (χ2v) is 9.88. The van der Waals surface area contributed by atoms with E-state index in [4.69, 9.17) is 14.5 Å². The van der Waals surface area contributed by atoms with E-state index in [2.05, 4.69) is 0 Å². The molecule has 4 rings (SSSR count). The van der Waals surface area contributed by atoms with E-state index in [1.165, 1.54) is 15.6 Å². The molecule has 1 aromatic heterocycles. The summed E-state index contributed by atoms with van der Waals surface area (Å²) in [6.07, 6.45) is 0.601. The van der Waals surface area contributed by atoms with Crippen LogP contribution in [0.2, 0.25) is 0 Å². The van der Waals surface area contributed by atoms with Crippen LogP contribution in [-0.4, -0.2) is 38.5 Å². The summed E-state index contributed by atoms with van der Waals surface area (Å²) in [6, 6.07) is 12.7. The summed E-state index contributed by atoms with van der Waals surface area (Å²) < 4.78 is 38.3. The van der Waals surface area contributed by atoms with Crippen molar-refractivity contribution in [3.8, 4) is 22.1 Å². The number of fused-ring (bicyclic) bond motifs is 1. The Labute approximate surface area is 174 Å². The minimum absolute atomic E-state index is 0.330. The highest BCUT2D eigenvalue weighted by Gasteiger charge is 2.30. The summed E-state index contributed by atoms with van der Waals surface area (Å²) in [7, 11) is -0.321. The van der Waals surface area contributed by atoms with Gasteiger partial charge in [0.05, 0.1) is 31.4 Å². The van der Waals surface area contributed by atoms with Gasteiger partial charge in [-0.2, -0.15) is 4.31 Å². The number of benzene rings is 2. The first-order valence-electron chi connectivity index (χ1n) is 9.20. The van der Waals surface area contributed by atoms with Gasteiger partial charge in [-0.3, -0.25) is 0 Å². The Hall–Kier alpha value is -2.42. The SMILES string of the molecule is COc1ccc(-c2nc3c(s2)CN(S(=O)(=O)c2ccc(C)cc2)CC3)cc1OC. The molecule has 3 aromatic rings. The predicted molar refractivity (Wildman–Crippen MR) is 113 cm³/mol. The van der Waals surface area contributed by atoms with Crippen molar-refractivity contribution in [1.82, 2.24) is 9.29 Å². The third-order valence-corrected chi connectivity index (χ3v) is 7.98. The van der Waals surface area contributed by atoms with Crippen molar-refractivity contribution in [3.05, 3.63) is 58.6 Å². The van der Waals surface area contributed by atoms with Gasteiger partial charge in [0.15, 0.2) is 11.5 Å². The largest absolute Gasteiger partial charge is 0.493 e. The highest BCUT2D eigenvalue weighted by atomic mass is 32.2. The molecule has 0 saturated heterocycles. The number of hydrogen-bond donors (Lipinski definition) is 0. The summed E-state index contributed by atoms with van der Waals surface area (Å²) in [5, 5.41) is 0.852. The summed E-state index contributed by atoms with van der Waals surface area (Å²) in [5.41, 5.74) is 2.93. The molecule has 0 atom stereocenters. The second-order valence-electron chi connectivity index (χ2n) is 6.86. The fourth-order valence-electron chi connectivity index (χ4n) is 3.33. The lowest BCUT2D eigenvalue weighted by Gasteiger charge is -2.25. The van der Waals surface area contributed by atoms with Crippen molar-refractivity contribution in [1.29, 1.82) is 0 Å². The minimum Gasteiger partial charge on any atom is -0.493 e. The standard InChI is InChI=1S/C21H22N2O4S2/c1-14-4-7-16(8-5-14)29(24,25)23-11-10-17-20(13-23)28-21(22-17)15-6-9-18(26-2)19(12-15)27-3/h4-9,12H,10-11,13H2,1-3H3. The number of hydrogen-bond acceptors (Lipinski definition) is 6. The molecule has 29 heavy (non-hydrogen) atoms. The lowest BCUT2D eigenvalue weighted by molar-refractivity contribution is 0.355. The van der Waals surface area contributed by atoms with Gasteiger partial charge in [-0.05, 0) is 37.3 Å². The van der Waals surface area contributed by atoms with Crippen LogP contribution in [0.5, 0.6) is 11.5 Å². The van der Waals surface area contributed by atoms with Crippen LogP contribution in [0.25, 0.3) is 10.6 Å². The zero-order chi connectivity index (χ0) is 20.6. The monoisotopic (exact) mass is 430 g/mol. The van der Waals surface area contributed by atoms with Crippen LogP contribution in [0.1, 0.15) is 16.1 Å². The molecule has 0 fully saturated rings. The molecule has 0 amide bonds. The van der Waals surface area contributed by atoms with Crippen LogP contribution < -0.4 is 9.47 Å². The minimum atomic E-state index is -3.52. The van der Waals surface area contributed by atoms with Gasteiger partial charge < -0.3 is 9.47 Å². The molecule has 2 aromatic carbocycles. The Morgan fingerprint density at radius 1 is 1.03 bits per heavy atom. The van der Waals surface area contributed by atoms with Crippen LogP contribution in [-0.2, 0) is 23.0 Å². The lowest BCUT2D eigenvalue weighted by Crippen LogP contribution is -2.35. The zero-order valence-electron chi connectivity index (χ0n) is 16.5. The molecule has 2 heterocycles. The molecule has 0 radical (unpaired) electrons. The second kappa shape index (κ2) is 7.78. The maximum Gasteiger partial charge on any atom is 0.243 e. The molecular weight excluding hydrogens is 408 g/mol. The number of aromatic nitrogens is 1. The molecule has 8 heteroatoms. The third-order valence-electron chi connectivity index (χ3n) is 4.99. The maximum absolute atomic E-state index is 13.0. The molecule has 0 saturated carbocycles. The summed E-state index contributed by atoms with van der Waals surface area (Å²) in [4.78, 5) is 6.07. The van der Waals surface area contributed by atoms with Gasteiger partial charge in [0.2, 0.25) is 10.0 Å². The molecular formula is C21H22N2O4S2. The van der Waals surface area contributed by atoms with Crippen LogP contribution in [0.3, 0.4) is 0 Å². The van der Waals surface area contributed by atoms with Gasteiger partial charge in [0.1, 0.15) is 5.01 Å². The highest BCUT2D eigenvalue weighted by Crippen LogP contribution is 2.37. The fraction of sp³-hybridized carbons (Fsp3) is 0.286. The molecule has 0 unspecified atom stereocenters. The summed E-state index contributed by atoms with van der Waals surface area (Å²) in [5.74, 6) is 1.30. The highest BCUT2D eigenvalue weighted by molar-refractivity contribution is 7.89. The lowest BCUT2D eigenvalue weighted by atomic mass is 10.2. The van der Waals surface area contributed by atoms with Crippen molar-refractivity contribution >= 4 is 21.4 Å². The van der Waals surface area contributed by atoms with Crippen LogP contribution in [0.4, 0.5) is 0 Å². The zero-order valence-corrected chi connectivity index (χ0v) is 18.1. The molecule has 1 aliphatic rings. The van der Waals surface area contributed by atoms with E-state index in [-0.39, 0.29) is 0 Å². The Balaban J connectivity index is 1.62. The van der Waals surface area contributed by atoms with E-state index in [9.17, 15) is 8.42 Å². The summed E-state index contributed by atoms with van der Waals surface area (Å²) >= 11 is 1.52. The quantitative estimate of drug-likeness (QED) is 0.614. The number of aryl methyl sites for hydroxylation is 1. The van der Waals surface area contributed by atoms with Gasteiger partial charge in [-0.25, -0.2) is 13.4 Å². The van der Waals surface area contributed by atoms with Crippen molar-refractivity contribution < 1.29 is 17.9 Å². The fourth-order valence-corrected chi connectivity index (χ4v) is 5.94. The average Bonchev–Trinajstić information content (AvgIpc) is 3.17. The molecule has 0 bridgehead atoms. The number of rotatable bonds is 5. The van der Waals surface area contributed by atoms with Crippen molar-refractivity contribution in [2.75, 3.05) is 20.8 Å². The smallest absolute Gasteiger partial charge is 0.243 e. The van der Waals surface area contributed by atoms with E-state index in [1.54, 1.807) is 26.4 Å². The first-order chi connectivity index (χ1) is 13.9. The van der Waals surface area contributed by atoms with Crippen LogP contribution >= 0.6 is 11.3 Å². The first kappa shape index (κ1) is 19.9. The van der Waals surface area contributed by atoms with E-state index in [1.807, 2.05) is 37.3 Å². The Bertz CT molecular complexity index is 1140. The van der Waals surface area contributed by atoms with Crippen molar-refractivity contribution in [2.45, 2.75) is 24.8 Å². The maximum atomic E-state index is 13.0. The molecule has 1 aliphatic heterocycles. The Kier molecular flexibility index (Phi) is 5.33. The number of thiazole rings is 1. The van der Waals surface area contributed by atoms with Crippen molar-refractivity contribution in [2.24, 2.45) is 0 Å². The van der Waals surface area contributed by atoms with Gasteiger partial charge in [0, 0.05) is 23.4 Å². The van der Waals surface area contributed by atoms with E-state index in [0.717, 1.165) is 26.7 Å². The van der Waals surface area contributed by atoms with Gasteiger partial charge in [0.25, 0.3) is 0 Å². The average molecular weight is 431 g/mol. The molecule has 0 aliphatic carbocycles. The van der Waals surface area contributed by atoms with Crippen LogP contribution in [0.15, 0.2) is 47.4 Å². The molecule has 0 spiro atoms. The predicted octanol–water partition coefficient (Wildman–Crippen LogP) is 3.88. The Morgan fingerprint density at radius 2 is 1.76 bits per heavy atom. The van der Waals surface area contributed by atoms with Gasteiger partial charge >= 0.3 is 0 Å². The first-order valence-corrected chi connectivity index (χ1v) is 11.5. The van der Waals surface area contributed by atoms with E-state index >= 15 is 0 Å². The normalized spacial score (nSPS) is 14.4. The summed E-state index contributed by atoms with van der Waals surface area (Å²) in [6.45, 7) is 2.71. The van der Waals surface area contributed by atoms with E-state index in [0.29, 0.717) is 35.9 Å². The number of sulfonamides is 1. The Morgan fingerprint density at radius 3 is 2.45 bits per heavy atom. The van der Waals surface area contributed by atoms with Crippen molar-refractivity contribution in [3.63, 3.8) is 0 Å². The molecule has 152 valence electrons. The third kappa shape index (κ3) is 3.75. The molecule has 0 N–H and O–H groups in total. The number of methoxy groups -OCH3 is 2.